The number of morpholine rings is 2. The van der Waals surface area contributed by atoms with Crippen LogP contribution in [0.5, 0.6) is 5.75 Å². The minimum atomic E-state index is 0. The van der Waals surface area contributed by atoms with Crippen LogP contribution in [0.3, 0.4) is 0 Å². The van der Waals surface area contributed by atoms with Crippen molar-refractivity contribution in [3.05, 3.63) is 125 Å². The molecule has 0 bridgehead atoms. The molecule has 2 saturated heterocycles. The molecule has 4 heterocycles. The first kappa shape index (κ1) is 45.5. The Labute approximate surface area is 349 Å². The topological polar surface area (TPSA) is 121 Å². The van der Waals surface area contributed by atoms with Gasteiger partial charge in [-0.1, -0.05) is 96.5 Å². The van der Waals surface area contributed by atoms with Gasteiger partial charge in [0.15, 0.2) is 31.8 Å². The number of aliphatic hydroxyl groups excluding tert-OH is 3. The number of rotatable bonds is 8. The van der Waals surface area contributed by atoms with E-state index in [0.29, 0.717) is 50.9 Å². The van der Waals surface area contributed by atoms with Crippen molar-refractivity contribution in [3.63, 3.8) is 0 Å². The van der Waals surface area contributed by atoms with Gasteiger partial charge in [0.25, 0.3) is 0 Å². The van der Waals surface area contributed by atoms with Crippen LogP contribution in [0, 0.1) is 0 Å². The first-order valence-corrected chi connectivity index (χ1v) is 19.2. The minimum absolute atomic E-state index is 0. The third-order valence-corrected chi connectivity index (χ3v) is 9.47. The molecule has 57 heavy (non-hydrogen) atoms. The molecule has 0 aliphatic carbocycles. The number of fused-ring (bicyclic) bond motifs is 2. The van der Waals surface area contributed by atoms with Gasteiger partial charge in [-0.2, -0.15) is 9.15 Å². The van der Waals surface area contributed by atoms with Gasteiger partial charge >= 0.3 is 11.1 Å². The highest BCUT2D eigenvalue weighted by atomic mass is 35.5. The third-order valence-electron chi connectivity index (χ3n) is 9.16. The summed E-state index contributed by atoms with van der Waals surface area (Å²) >= 11 is 6.52. The summed E-state index contributed by atoms with van der Waals surface area (Å²) < 4.78 is 33.9. The number of aliphatic hydroxyl groups is 3. The van der Waals surface area contributed by atoms with E-state index in [1.54, 1.807) is 0 Å². The first-order chi connectivity index (χ1) is 27.1. The number of benzene rings is 4. The van der Waals surface area contributed by atoms with E-state index in [9.17, 15) is 0 Å². The summed E-state index contributed by atoms with van der Waals surface area (Å²) in [5.41, 5.74) is 7.54. The van der Waals surface area contributed by atoms with Gasteiger partial charge in [0.1, 0.15) is 37.8 Å². The monoisotopic (exact) mass is 838 g/mol. The molecule has 0 atom stereocenters. The van der Waals surface area contributed by atoms with E-state index < -0.39 is 0 Å². The molecule has 3 N–H and O–H groups in total. The zero-order chi connectivity index (χ0) is 38.2. The lowest BCUT2D eigenvalue weighted by Crippen LogP contribution is -3.00. The largest absolute Gasteiger partial charge is 1.00 e. The van der Waals surface area contributed by atoms with Crippen LogP contribution in [-0.4, -0.2) is 94.4 Å². The molecule has 0 radical (unpaired) electrons. The number of para-hydroxylation sites is 2. The van der Waals surface area contributed by atoms with Crippen LogP contribution < -0.4 is 49.8 Å². The summed E-state index contributed by atoms with van der Waals surface area (Å²) in [7, 11) is 0. The van der Waals surface area contributed by atoms with Crippen LogP contribution in [0.15, 0.2) is 118 Å². The van der Waals surface area contributed by atoms with Gasteiger partial charge in [-0.05, 0) is 29.7 Å². The summed E-state index contributed by atoms with van der Waals surface area (Å²) in [6.45, 7) is 6.79. The molecule has 10 nitrogen and oxygen atoms in total. The Morgan fingerprint density at radius 2 is 1.00 bits per heavy atom. The van der Waals surface area contributed by atoms with Gasteiger partial charge in [-0.15, -0.1) is 0 Å². The second-order valence-corrected chi connectivity index (χ2v) is 13.3. The maximum atomic E-state index is 9.09. The minimum Gasteiger partial charge on any atom is -1.00 e. The fourth-order valence-corrected chi connectivity index (χ4v) is 6.57. The van der Waals surface area contributed by atoms with Crippen molar-refractivity contribution < 1.29 is 63.2 Å². The van der Waals surface area contributed by atoms with Crippen molar-refractivity contribution in [3.8, 4) is 28.0 Å². The standard InChI is InChI=1S/C22H24NO4.C19H17ClNO2.C3H8O2.2ClH/c24-12-5-13-26-20-16-21(23-10-14-25-15-11-23)27-22-18(8-4-9-19(20)22)17-6-2-1-3-7-17;20-17-13-18(21-9-11-22-12-10-21)23-19-15(7-4-8-16(17)19)14-5-2-1-3-6-14;4-2-1-3-5;;/h1-4,6-9,16,24H,5,10-15H2;1-8,13H,9-12H2;4-5H,1-3H2;2*1H/q2*+1;;;/p-2. The Bertz CT molecular complexity index is 2260. The number of hydrogen-bond donors (Lipinski definition) is 3. The van der Waals surface area contributed by atoms with Gasteiger partial charge in [-0.25, -0.2) is 0 Å². The smallest absolute Gasteiger partial charge is 0.371 e. The molecule has 2 aromatic heterocycles. The van der Waals surface area contributed by atoms with Crippen LogP contribution in [0.25, 0.3) is 44.2 Å². The second-order valence-electron chi connectivity index (χ2n) is 12.9. The Balaban J connectivity index is 0.000000221. The summed E-state index contributed by atoms with van der Waals surface area (Å²) in [4.78, 5) is 0. The van der Waals surface area contributed by atoms with Gasteiger partial charge in [0, 0.05) is 42.8 Å². The molecular weight excluding hydrogens is 791 g/mol. The fourth-order valence-electron chi connectivity index (χ4n) is 6.33. The summed E-state index contributed by atoms with van der Waals surface area (Å²) in [6, 6.07) is 36.5. The van der Waals surface area contributed by atoms with Crippen molar-refractivity contribution in [2.24, 2.45) is 0 Å². The van der Waals surface area contributed by atoms with E-state index in [1.165, 1.54) is 0 Å². The number of hydrogen-bond acceptors (Lipinski definition) is 8. The molecule has 13 heteroatoms. The maximum absolute atomic E-state index is 9.09. The SMILES string of the molecule is Clc1cc(=[N+]2CCOCC2)oc2c(-c3ccccc3)cccc12.OCCCO.OCCCOc1cc(=[N+]2CCOCC2)oc2c(-c3ccccc3)cccc12.[Cl-].[Cl-]. The molecule has 2 aliphatic heterocycles. The summed E-state index contributed by atoms with van der Waals surface area (Å²) in [6.07, 6.45) is 1.10. The van der Waals surface area contributed by atoms with E-state index in [0.717, 1.165) is 87.2 Å². The predicted molar refractivity (Wildman–Crippen MR) is 216 cm³/mol. The third kappa shape index (κ3) is 12.1. The number of ether oxygens (including phenoxy) is 3. The van der Waals surface area contributed by atoms with Crippen molar-refractivity contribution in [1.82, 2.24) is 9.15 Å². The zero-order valence-corrected chi connectivity index (χ0v) is 34.0. The van der Waals surface area contributed by atoms with E-state index in [-0.39, 0.29) is 44.6 Å². The summed E-state index contributed by atoms with van der Waals surface area (Å²) in [5, 5.41) is 27.5. The normalized spacial score (nSPS) is 13.7. The molecule has 2 aliphatic rings. The average Bonchev–Trinajstić information content (AvgIpc) is 3.25. The van der Waals surface area contributed by atoms with E-state index in [1.807, 2.05) is 72.8 Å². The van der Waals surface area contributed by atoms with Crippen LogP contribution in [0.2, 0.25) is 5.02 Å². The Morgan fingerprint density at radius 3 is 1.47 bits per heavy atom. The van der Waals surface area contributed by atoms with Crippen molar-refractivity contribution >= 4 is 33.5 Å². The van der Waals surface area contributed by atoms with Crippen LogP contribution in [0.1, 0.15) is 12.8 Å². The quantitative estimate of drug-likeness (QED) is 0.140. The first-order valence-electron chi connectivity index (χ1n) is 18.8. The van der Waals surface area contributed by atoms with Gasteiger partial charge < -0.3 is 63.2 Å². The lowest BCUT2D eigenvalue weighted by Gasteiger charge is -2.13. The van der Waals surface area contributed by atoms with Crippen LogP contribution in [0.4, 0.5) is 0 Å². The highest BCUT2D eigenvalue weighted by Gasteiger charge is 2.19. The number of nitrogens with zero attached hydrogens (tertiary/aromatic N) is 2. The van der Waals surface area contributed by atoms with E-state index in [4.69, 9.17) is 50.0 Å². The highest BCUT2D eigenvalue weighted by Crippen LogP contribution is 2.33. The Morgan fingerprint density at radius 1 is 0.544 bits per heavy atom. The molecule has 6 aromatic rings. The molecule has 0 amide bonds. The fraction of sp³-hybridized carbons (Fsp3) is 0.318. The molecular formula is C44H49Cl3N2O8. The second kappa shape index (κ2) is 23.9. The van der Waals surface area contributed by atoms with E-state index in [2.05, 4.69) is 45.5 Å². The lowest BCUT2D eigenvalue weighted by molar-refractivity contribution is -0.001000. The van der Waals surface area contributed by atoms with Gasteiger partial charge in [0.05, 0.1) is 29.1 Å². The van der Waals surface area contributed by atoms with Crippen LogP contribution in [-0.2, 0) is 9.47 Å². The molecule has 2 fully saturated rings. The predicted octanol–water partition coefficient (Wildman–Crippen LogP) is -0.412. The zero-order valence-electron chi connectivity index (χ0n) is 31.7. The van der Waals surface area contributed by atoms with Gasteiger partial charge in [-0.3, -0.25) is 0 Å². The molecule has 4 aromatic carbocycles. The van der Waals surface area contributed by atoms with E-state index >= 15 is 0 Å². The van der Waals surface area contributed by atoms with Crippen molar-refractivity contribution in [2.75, 3.05) is 79.0 Å². The van der Waals surface area contributed by atoms with Gasteiger partial charge in [0.2, 0.25) is 0 Å². The molecule has 0 unspecified atom stereocenters. The van der Waals surface area contributed by atoms with Crippen LogP contribution >= 0.6 is 11.6 Å². The lowest BCUT2D eigenvalue weighted by atomic mass is 10.0. The Hall–Kier alpha value is -4.23. The maximum Gasteiger partial charge on any atom is 0.371 e. The highest BCUT2D eigenvalue weighted by molar-refractivity contribution is 6.35. The summed E-state index contributed by atoms with van der Waals surface area (Å²) in [5.74, 6) is 0.781. The number of halogens is 3. The van der Waals surface area contributed by atoms with Crippen molar-refractivity contribution in [1.29, 1.82) is 0 Å². The van der Waals surface area contributed by atoms with Crippen molar-refractivity contribution in [2.45, 2.75) is 12.8 Å². The molecule has 304 valence electrons. The molecule has 0 saturated carbocycles. The average molecular weight is 840 g/mol. The Kier molecular flexibility index (Phi) is 19.0. The molecule has 8 rings (SSSR count). The molecule has 0 spiro atoms.